The third-order valence-corrected chi connectivity index (χ3v) is 14.5. The van der Waals surface area contributed by atoms with E-state index in [0.717, 1.165) is 54.9 Å². The number of hydrogen-bond donors (Lipinski definition) is 0. The first-order valence-corrected chi connectivity index (χ1v) is 30.7. The van der Waals surface area contributed by atoms with Crippen LogP contribution in [0, 0.1) is 0 Å². The van der Waals surface area contributed by atoms with Crippen LogP contribution in [0.3, 0.4) is 0 Å². The summed E-state index contributed by atoms with van der Waals surface area (Å²) in [6.07, 6.45) is 67.4. The minimum absolute atomic E-state index is 0. The molecule has 69 heavy (non-hydrogen) atoms. The van der Waals surface area contributed by atoms with Gasteiger partial charge in [0.15, 0.2) is 0 Å². The fraction of sp³-hybridized carbons (Fsp3) is 0.758. The van der Waals surface area contributed by atoms with Crippen molar-refractivity contribution in [3.05, 3.63) is 71.8 Å². The fourth-order valence-corrected chi connectivity index (χ4v) is 10.0. The Balaban J connectivity index is 0.0000238. The van der Waals surface area contributed by atoms with Gasteiger partial charge in [0.1, 0.15) is 0 Å². The molecule has 2 aromatic rings. The van der Waals surface area contributed by atoms with E-state index in [2.05, 4.69) is 88.4 Å². The molecule has 398 valence electrons. The molecule has 0 saturated carbocycles. The Bertz CT molecular complexity index is 1470. The summed E-state index contributed by atoms with van der Waals surface area (Å²) in [6.45, 7) is 9.24. The van der Waals surface area contributed by atoms with E-state index >= 15 is 0 Å². The third kappa shape index (κ3) is 40.2. The van der Waals surface area contributed by atoms with Gasteiger partial charge in [-0.15, -0.1) is 0 Å². The first-order chi connectivity index (χ1) is 33.7. The van der Waals surface area contributed by atoms with Crippen molar-refractivity contribution in [3.63, 3.8) is 0 Å². The second-order valence-electron chi connectivity index (χ2n) is 21.3. The van der Waals surface area contributed by atoms with Crippen molar-refractivity contribution in [2.24, 2.45) is 9.98 Å². The molecule has 0 aromatic heterocycles. The third-order valence-electron chi connectivity index (χ3n) is 14.5. The van der Waals surface area contributed by atoms with E-state index in [1.807, 2.05) is 0 Å². The van der Waals surface area contributed by atoms with E-state index in [1.54, 1.807) is 0 Å². The van der Waals surface area contributed by atoms with Gasteiger partial charge in [-0.25, -0.2) is 4.99 Å². The second-order valence-corrected chi connectivity index (χ2v) is 21.3. The molecule has 0 unspecified atom stereocenters. The zero-order valence-electron chi connectivity index (χ0n) is 46.5. The van der Waals surface area contributed by atoms with Crippen molar-refractivity contribution in [2.75, 3.05) is 0 Å². The van der Waals surface area contributed by atoms with Gasteiger partial charge >= 0.3 is 0 Å². The largest absolute Gasteiger partial charge is 0.251 e. The van der Waals surface area contributed by atoms with Gasteiger partial charge in [0, 0.05) is 16.5 Å². The topological polar surface area (TPSA) is 24.7 Å². The van der Waals surface area contributed by atoms with Crippen molar-refractivity contribution < 1.29 is 16.5 Å². The maximum absolute atomic E-state index is 5.46. The van der Waals surface area contributed by atoms with Crippen LogP contribution in [-0.2, 0) is 29.3 Å². The van der Waals surface area contributed by atoms with Crippen LogP contribution in [0.1, 0.15) is 321 Å². The summed E-state index contributed by atoms with van der Waals surface area (Å²) in [6, 6.07) is 18.3. The number of hydrogen-bond acceptors (Lipinski definition) is 2. The van der Waals surface area contributed by atoms with E-state index in [-0.39, 0.29) is 16.5 Å². The number of rotatable bonds is 50. The molecule has 0 radical (unpaired) electrons. The minimum Gasteiger partial charge on any atom is -0.251 e. The summed E-state index contributed by atoms with van der Waals surface area (Å²) in [4.78, 5) is 10.9. The quantitative estimate of drug-likeness (QED) is 0.0359. The van der Waals surface area contributed by atoms with Crippen molar-refractivity contribution >= 4 is 22.8 Å². The predicted octanol–water partition coefficient (Wildman–Crippen LogP) is 23.4. The monoisotopic (exact) mass is 993 g/mol. The van der Waals surface area contributed by atoms with E-state index in [4.69, 9.17) is 9.98 Å². The molecule has 0 atom stereocenters. The summed E-state index contributed by atoms with van der Waals surface area (Å²) >= 11 is 0. The fourth-order valence-electron chi connectivity index (χ4n) is 10.0. The molecule has 0 N–H and O–H groups in total. The Labute approximate surface area is 441 Å². The molecular formula is C66H114N2Ni. The number of unbranched alkanes of at least 4 members (excludes halogenated alkanes) is 39. The van der Waals surface area contributed by atoms with Crippen LogP contribution in [0.25, 0.3) is 0 Å². The van der Waals surface area contributed by atoms with Crippen molar-refractivity contribution in [1.82, 2.24) is 0 Å². The van der Waals surface area contributed by atoms with E-state index in [0.29, 0.717) is 0 Å². The number of allylic oxidation sites excluding steroid dienone is 2. The van der Waals surface area contributed by atoms with Gasteiger partial charge in [0.25, 0.3) is 0 Å². The Morgan fingerprint density at radius 1 is 0.348 bits per heavy atom. The summed E-state index contributed by atoms with van der Waals surface area (Å²) in [7, 11) is 0. The smallest absolute Gasteiger partial charge is 0.0848 e. The molecule has 0 aliphatic rings. The molecule has 0 saturated heterocycles. The molecule has 0 amide bonds. The SMILES string of the molecule is CCCCCCCCCCCCCCCCCCCCCC=CC(=Nc1cccc(CCCCCCCCCCCC)c1)C(CCCCC)=Nc1cccc(CCCCCCCCCCCC)c1.[Ni]. The maximum Gasteiger partial charge on any atom is 0.0848 e. The van der Waals surface area contributed by atoms with Gasteiger partial charge in [0.2, 0.25) is 0 Å². The molecule has 0 aliphatic heterocycles. The first kappa shape index (κ1) is 65.0. The van der Waals surface area contributed by atoms with Crippen LogP contribution in [0.15, 0.2) is 70.7 Å². The average Bonchev–Trinajstić information content (AvgIpc) is 3.35. The molecular weight excluding hydrogens is 879 g/mol. The van der Waals surface area contributed by atoms with Gasteiger partial charge in [-0.2, -0.15) is 0 Å². The Hall–Kier alpha value is -1.99. The van der Waals surface area contributed by atoms with Crippen LogP contribution < -0.4 is 0 Å². The molecule has 2 aromatic carbocycles. The standard InChI is InChI=1S/C66H114N2.Ni/c1-5-9-13-16-19-22-25-26-27-28-29-30-31-32-33-34-35-38-41-44-48-58-66(68-64-56-50-54-62(60-64)52-47-43-40-37-24-21-18-15-11-7-3)65(57-45-12-8-4)67-63-55-49-53-61(59-63)51-46-42-39-36-23-20-17-14-10-6-2;/h48-50,53-56,58-60H,5-47,51-52,57H2,1-4H3;. The van der Waals surface area contributed by atoms with Crippen molar-refractivity contribution in [1.29, 1.82) is 0 Å². The van der Waals surface area contributed by atoms with E-state index < -0.39 is 0 Å². The second kappa shape index (κ2) is 50.9. The van der Waals surface area contributed by atoms with Crippen LogP contribution in [0.2, 0.25) is 0 Å². The average molecular weight is 994 g/mol. The molecule has 0 spiro atoms. The molecule has 2 rings (SSSR count). The Kier molecular flexibility index (Phi) is 48.0. The van der Waals surface area contributed by atoms with Crippen molar-refractivity contribution in [3.8, 4) is 0 Å². The summed E-state index contributed by atoms with van der Waals surface area (Å²) < 4.78 is 0. The van der Waals surface area contributed by atoms with Gasteiger partial charge in [0.05, 0.1) is 22.8 Å². The Morgan fingerprint density at radius 2 is 0.652 bits per heavy atom. The van der Waals surface area contributed by atoms with Crippen molar-refractivity contribution in [2.45, 2.75) is 323 Å². The molecule has 0 aliphatic carbocycles. The van der Waals surface area contributed by atoms with Crippen LogP contribution >= 0.6 is 0 Å². The first-order valence-electron chi connectivity index (χ1n) is 30.7. The number of aryl methyl sites for hydroxylation is 2. The molecule has 2 nitrogen and oxygen atoms in total. The summed E-state index contributed by atoms with van der Waals surface area (Å²) in [5.41, 5.74) is 7.24. The number of benzene rings is 2. The molecule has 0 fully saturated rings. The zero-order chi connectivity index (χ0) is 48.5. The van der Waals surface area contributed by atoms with Gasteiger partial charge < -0.3 is 0 Å². The zero-order valence-corrected chi connectivity index (χ0v) is 47.5. The van der Waals surface area contributed by atoms with Crippen LogP contribution in [-0.4, -0.2) is 11.4 Å². The van der Waals surface area contributed by atoms with E-state index in [9.17, 15) is 0 Å². The molecule has 0 heterocycles. The molecule has 0 bridgehead atoms. The van der Waals surface area contributed by atoms with E-state index in [1.165, 1.54) is 274 Å². The Morgan fingerprint density at radius 3 is 1.01 bits per heavy atom. The van der Waals surface area contributed by atoms with Gasteiger partial charge in [-0.05, 0) is 92.8 Å². The maximum atomic E-state index is 5.46. The van der Waals surface area contributed by atoms with Crippen LogP contribution in [0.5, 0.6) is 0 Å². The van der Waals surface area contributed by atoms with Gasteiger partial charge in [-0.1, -0.05) is 302 Å². The predicted molar refractivity (Wildman–Crippen MR) is 309 cm³/mol. The number of nitrogens with zero attached hydrogens (tertiary/aromatic N) is 2. The summed E-state index contributed by atoms with van der Waals surface area (Å²) in [5.74, 6) is 0. The number of aliphatic imine (C=N–C) groups is 2. The minimum atomic E-state index is 0. The van der Waals surface area contributed by atoms with Gasteiger partial charge in [-0.3, -0.25) is 4.99 Å². The van der Waals surface area contributed by atoms with Crippen LogP contribution in [0.4, 0.5) is 11.4 Å². The normalized spacial score (nSPS) is 12.1. The molecule has 3 heteroatoms. The summed E-state index contributed by atoms with van der Waals surface area (Å²) in [5, 5.41) is 0.